The van der Waals surface area contributed by atoms with E-state index in [2.05, 4.69) is 0 Å². The minimum absolute atomic E-state index is 0.0150. The minimum Gasteiger partial charge on any atom is -0.498 e. The molecule has 5 N–H and O–H groups in total. The van der Waals surface area contributed by atoms with E-state index < -0.39 is 12.1 Å². The normalized spacial score (nSPS) is 14.8. The predicted molar refractivity (Wildman–Crippen MR) is 108 cm³/mol. The quantitative estimate of drug-likeness (QED) is 0.413. The number of rotatable bonds is 7. The van der Waals surface area contributed by atoms with E-state index in [1.54, 1.807) is 53.4 Å². The topological polar surface area (TPSA) is 137 Å². The van der Waals surface area contributed by atoms with Crippen molar-refractivity contribution in [2.24, 2.45) is 5.73 Å². The van der Waals surface area contributed by atoms with E-state index in [0.29, 0.717) is 33.7 Å². The molecule has 1 aliphatic heterocycles. The molecule has 0 spiro atoms. The van der Waals surface area contributed by atoms with E-state index >= 15 is 0 Å². The van der Waals surface area contributed by atoms with Gasteiger partial charge in [0.1, 0.15) is 11.6 Å². The van der Waals surface area contributed by atoms with Crippen molar-refractivity contribution >= 4 is 29.0 Å². The number of benzene rings is 2. The molecule has 1 heterocycles. The first-order chi connectivity index (χ1) is 13.8. The van der Waals surface area contributed by atoms with Crippen LogP contribution in [0.15, 0.2) is 54.3 Å². The lowest BCUT2D eigenvalue weighted by Crippen LogP contribution is -2.26. The number of nitrogens with zero attached hydrogens (tertiary/aromatic N) is 1. The molecule has 1 amide bonds. The fraction of sp³-hybridized carbons (Fsp3) is 0.190. The average Bonchev–Trinajstić information content (AvgIpc) is 3.04. The third-order valence-corrected chi connectivity index (χ3v) is 4.73. The van der Waals surface area contributed by atoms with Gasteiger partial charge in [0.25, 0.3) is 5.91 Å². The number of hydrogen-bond donors (Lipinski definition) is 4. The van der Waals surface area contributed by atoms with Gasteiger partial charge in [0.2, 0.25) is 0 Å². The highest BCUT2D eigenvalue weighted by Crippen LogP contribution is 2.32. The largest absolute Gasteiger partial charge is 0.498 e. The number of amidine groups is 1. The maximum atomic E-state index is 13.0. The number of nitrogen functional groups attached to an aromatic ring is 1. The molecule has 0 saturated carbocycles. The van der Waals surface area contributed by atoms with Crippen LogP contribution in [-0.2, 0) is 20.7 Å². The number of aliphatic hydroxyl groups excluding tert-OH is 1. The second kappa shape index (κ2) is 8.15. The van der Waals surface area contributed by atoms with Gasteiger partial charge in [-0.25, -0.2) is 4.79 Å². The van der Waals surface area contributed by atoms with Gasteiger partial charge in [-0.3, -0.25) is 10.2 Å². The highest BCUT2D eigenvalue weighted by molar-refractivity contribution is 6.29. The zero-order chi connectivity index (χ0) is 21.1. The highest BCUT2D eigenvalue weighted by Gasteiger charge is 2.33. The van der Waals surface area contributed by atoms with Gasteiger partial charge < -0.3 is 25.6 Å². The van der Waals surface area contributed by atoms with E-state index in [1.165, 1.54) is 7.11 Å². The standard InChI is InChI=1S/C21H21N3O5/c1-29-17-11-24(15-8-2-12(3-9-15)10-16(25)21(27)28)20(26)18(17)13-4-6-14(7-5-13)19(22)23/h2-9,16,25H,10-11H2,1H3,(H3,22,23)(H,27,28). The first kappa shape index (κ1) is 20.1. The first-order valence-electron chi connectivity index (χ1n) is 8.85. The molecule has 3 rings (SSSR count). The van der Waals surface area contributed by atoms with Gasteiger partial charge in [-0.15, -0.1) is 0 Å². The van der Waals surface area contributed by atoms with Gasteiger partial charge in [-0.2, -0.15) is 0 Å². The number of nitrogens with one attached hydrogen (secondary N) is 1. The number of amides is 1. The van der Waals surface area contributed by atoms with Crippen molar-refractivity contribution in [2.45, 2.75) is 12.5 Å². The molecule has 0 aliphatic carbocycles. The molecule has 2 aromatic rings. The number of carbonyl (C=O) groups excluding carboxylic acids is 1. The number of nitrogens with two attached hydrogens (primary N) is 1. The summed E-state index contributed by atoms with van der Waals surface area (Å²) in [7, 11) is 1.51. The Morgan fingerprint density at radius 2 is 1.83 bits per heavy atom. The SMILES string of the molecule is COC1=C(c2ccc(C(=N)N)cc2)C(=O)N(c2ccc(CC(O)C(=O)O)cc2)C1. The molecule has 0 saturated heterocycles. The highest BCUT2D eigenvalue weighted by atomic mass is 16.5. The van der Waals surface area contributed by atoms with Crippen LogP contribution in [0, 0.1) is 5.41 Å². The van der Waals surface area contributed by atoms with Crippen LogP contribution in [-0.4, -0.2) is 47.7 Å². The van der Waals surface area contributed by atoms with E-state index in [4.69, 9.17) is 21.0 Å². The molecule has 8 heteroatoms. The Hall–Kier alpha value is -3.65. The number of ether oxygens (including phenoxy) is 1. The number of carbonyl (C=O) groups is 2. The Morgan fingerprint density at radius 1 is 1.21 bits per heavy atom. The Bertz CT molecular complexity index is 980. The van der Waals surface area contributed by atoms with Crippen LogP contribution >= 0.6 is 0 Å². The molecule has 1 aliphatic rings. The predicted octanol–water partition coefficient (Wildman–Crippen LogP) is 1.36. The van der Waals surface area contributed by atoms with Gasteiger partial charge in [-0.05, 0) is 23.3 Å². The summed E-state index contributed by atoms with van der Waals surface area (Å²) < 4.78 is 5.43. The molecule has 0 fully saturated rings. The smallest absolute Gasteiger partial charge is 0.332 e. The summed E-state index contributed by atoms with van der Waals surface area (Å²) >= 11 is 0. The molecule has 0 bridgehead atoms. The summed E-state index contributed by atoms with van der Waals surface area (Å²) in [6.45, 7) is 0.260. The van der Waals surface area contributed by atoms with Crippen molar-refractivity contribution in [1.29, 1.82) is 5.41 Å². The molecule has 150 valence electrons. The van der Waals surface area contributed by atoms with Gasteiger partial charge in [-0.1, -0.05) is 36.4 Å². The van der Waals surface area contributed by atoms with Crippen molar-refractivity contribution in [1.82, 2.24) is 0 Å². The monoisotopic (exact) mass is 395 g/mol. The lowest BCUT2D eigenvalue weighted by molar-refractivity contribution is -0.146. The lowest BCUT2D eigenvalue weighted by Gasteiger charge is -2.17. The molecule has 0 aromatic heterocycles. The maximum absolute atomic E-state index is 13.0. The van der Waals surface area contributed by atoms with Crippen LogP contribution in [0.4, 0.5) is 5.69 Å². The van der Waals surface area contributed by atoms with Crippen LogP contribution in [0.5, 0.6) is 0 Å². The Labute approximate surface area is 167 Å². The molecule has 29 heavy (non-hydrogen) atoms. The molecular weight excluding hydrogens is 374 g/mol. The number of carboxylic acids is 1. The number of aliphatic carboxylic acids is 1. The molecule has 0 radical (unpaired) electrons. The van der Waals surface area contributed by atoms with Gasteiger partial charge in [0.15, 0.2) is 6.10 Å². The molecule has 1 atom stereocenters. The number of methoxy groups -OCH3 is 1. The van der Waals surface area contributed by atoms with Crippen LogP contribution in [0.1, 0.15) is 16.7 Å². The van der Waals surface area contributed by atoms with Crippen LogP contribution in [0.3, 0.4) is 0 Å². The van der Waals surface area contributed by atoms with Crippen molar-refractivity contribution in [3.63, 3.8) is 0 Å². The molecule has 2 aromatic carbocycles. The Morgan fingerprint density at radius 3 is 2.34 bits per heavy atom. The van der Waals surface area contributed by atoms with Crippen LogP contribution in [0.2, 0.25) is 0 Å². The van der Waals surface area contributed by atoms with Crippen LogP contribution in [0.25, 0.3) is 5.57 Å². The Kier molecular flexibility index (Phi) is 5.65. The summed E-state index contributed by atoms with van der Waals surface area (Å²) in [4.78, 5) is 25.4. The van der Waals surface area contributed by atoms with Gasteiger partial charge in [0.05, 0.1) is 19.2 Å². The molecule has 1 unspecified atom stereocenters. The van der Waals surface area contributed by atoms with Crippen molar-refractivity contribution in [3.8, 4) is 0 Å². The number of aliphatic hydroxyl groups is 1. The van der Waals surface area contributed by atoms with E-state index in [0.717, 1.165) is 0 Å². The van der Waals surface area contributed by atoms with E-state index in [-0.39, 0.29) is 24.7 Å². The summed E-state index contributed by atoms with van der Waals surface area (Å²) in [6, 6.07) is 13.6. The third kappa shape index (κ3) is 4.12. The number of carboxylic acid groups (broad SMARTS) is 1. The first-order valence-corrected chi connectivity index (χ1v) is 8.85. The van der Waals surface area contributed by atoms with Gasteiger partial charge >= 0.3 is 5.97 Å². The lowest BCUT2D eigenvalue weighted by atomic mass is 10.0. The van der Waals surface area contributed by atoms with E-state index in [9.17, 15) is 14.7 Å². The summed E-state index contributed by atoms with van der Waals surface area (Å²) in [5, 5.41) is 25.8. The fourth-order valence-corrected chi connectivity index (χ4v) is 3.15. The fourth-order valence-electron chi connectivity index (χ4n) is 3.15. The number of anilines is 1. The third-order valence-electron chi connectivity index (χ3n) is 4.73. The second-order valence-corrected chi connectivity index (χ2v) is 6.61. The van der Waals surface area contributed by atoms with E-state index in [1.807, 2.05) is 0 Å². The van der Waals surface area contributed by atoms with Crippen molar-refractivity contribution < 1.29 is 24.5 Å². The van der Waals surface area contributed by atoms with Crippen molar-refractivity contribution in [3.05, 3.63) is 71.0 Å². The molecule has 8 nitrogen and oxygen atoms in total. The summed E-state index contributed by atoms with van der Waals surface area (Å²) in [5.74, 6) is -1.03. The summed E-state index contributed by atoms with van der Waals surface area (Å²) in [6.07, 6.45) is -1.49. The number of hydrogen-bond acceptors (Lipinski definition) is 5. The molecular formula is C21H21N3O5. The maximum Gasteiger partial charge on any atom is 0.332 e. The minimum atomic E-state index is -1.47. The van der Waals surface area contributed by atoms with Gasteiger partial charge in [0, 0.05) is 17.7 Å². The average molecular weight is 395 g/mol. The Balaban J connectivity index is 1.82. The van der Waals surface area contributed by atoms with Crippen LogP contribution < -0.4 is 10.6 Å². The zero-order valence-electron chi connectivity index (χ0n) is 15.8. The summed E-state index contributed by atoms with van der Waals surface area (Å²) in [5.41, 5.74) is 8.43. The second-order valence-electron chi connectivity index (χ2n) is 6.61. The zero-order valence-corrected chi connectivity index (χ0v) is 15.8. The van der Waals surface area contributed by atoms with Crippen molar-refractivity contribution in [2.75, 3.05) is 18.6 Å².